The van der Waals surface area contributed by atoms with Crippen LogP contribution < -0.4 is 4.90 Å². The minimum Gasteiger partial charge on any atom is -0.481 e. The summed E-state index contributed by atoms with van der Waals surface area (Å²) in [5.41, 5.74) is 4.00. The number of para-hydroxylation sites is 1. The summed E-state index contributed by atoms with van der Waals surface area (Å²) < 4.78 is 0. The van der Waals surface area contributed by atoms with E-state index < -0.39 is 5.97 Å². The molecule has 19 heavy (non-hydrogen) atoms. The normalized spacial score (nSPS) is 18.8. The molecule has 3 heteroatoms. The van der Waals surface area contributed by atoms with Crippen LogP contribution in [0, 0.1) is 0 Å². The zero-order valence-corrected chi connectivity index (χ0v) is 11.3. The van der Waals surface area contributed by atoms with Crippen molar-refractivity contribution >= 4 is 11.7 Å². The van der Waals surface area contributed by atoms with Gasteiger partial charge in [0.1, 0.15) is 0 Å². The molecule has 1 aromatic carbocycles. The van der Waals surface area contributed by atoms with E-state index in [1.807, 2.05) is 0 Å². The lowest BCUT2D eigenvalue weighted by molar-refractivity contribution is -0.136. The second-order valence-corrected chi connectivity index (χ2v) is 5.70. The Kier molecular flexibility index (Phi) is 3.45. The summed E-state index contributed by atoms with van der Waals surface area (Å²) >= 11 is 0. The zero-order valence-electron chi connectivity index (χ0n) is 11.3. The lowest BCUT2D eigenvalue weighted by atomic mass is 10.0. The summed E-state index contributed by atoms with van der Waals surface area (Å²) in [6.07, 6.45) is 7.28. The molecule has 1 aliphatic carbocycles. The average molecular weight is 259 g/mol. The maximum absolute atomic E-state index is 10.8. The molecule has 3 nitrogen and oxygen atoms in total. The van der Waals surface area contributed by atoms with Crippen LogP contribution in [0.4, 0.5) is 5.69 Å². The standard InChI is InChI=1S/C16H21NO2/c18-15(19)9-8-12-4-3-5-13-10-11-17(16(12)13)14-6-1-2-7-14/h3-5,14H,1-2,6-11H2,(H,18,19). The van der Waals surface area contributed by atoms with Crippen LogP contribution in [0.2, 0.25) is 0 Å². The van der Waals surface area contributed by atoms with Crippen LogP contribution in [0.15, 0.2) is 18.2 Å². The number of carbonyl (C=O) groups is 1. The first kappa shape index (κ1) is 12.5. The molecule has 0 bridgehead atoms. The molecule has 1 aromatic rings. The molecule has 3 rings (SSSR count). The van der Waals surface area contributed by atoms with E-state index >= 15 is 0 Å². The molecule has 0 saturated heterocycles. The van der Waals surface area contributed by atoms with E-state index in [-0.39, 0.29) is 6.42 Å². The van der Waals surface area contributed by atoms with Gasteiger partial charge in [0.2, 0.25) is 0 Å². The quantitative estimate of drug-likeness (QED) is 0.903. The Balaban J connectivity index is 1.86. The third-order valence-electron chi connectivity index (χ3n) is 4.49. The maximum atomic E-state index is 10.8. The first-order chi connectivity index (χ1) is 9.25. The SMILES string of the molecule is O=C(O)CCc1cccc2c1N(C1CCCC1)CC2. The lowest BCUT2D eigenvalue weighted by Crippen LogP contribution is -2.32. The van der Waals surface area contributed by atoms with Crippen molar-refractivity contribution < 1.29 is 9.90 Å². The highest BCUT2D eigenvalue weighted by atomic mass is 16.4. The molecular weight excluding hydrogens is 238 g/mol. The fourth-order valence-electron chi connectivity index (χ4n) is 3.59. The van der Waals surface area contributed by atoms with Gasteiger partial charge in [0.25, 0.3) is 0 Å². The molecule has 1 aliphatic heterocycles. The Bertz CT molecular complexity index is 478. The maximum Gasteiger partial charge on any atom is 0.303 e. The fraction of sp³-hybridized carbons (Fsp3) is 0.562. The number of hydrogen-bond acceptors (Lipinski definition) is 2. The van der Waals surface area contributed by atoms with E-state index in [4.69, 9.17) is 5.11 Å². The molecule has 0 radical (unpaired) electrons. The molecular formula is C16H21NO2. The molecule has 1 saturated carbocycles. The van der Waals surface area contributed by atoms with Crippen LogP contribution in [0.3, 0.4) is 0 Å². The molecule has 2 aliphatic rings. The van der Waals surface area contributed by atoms with Crippen LogP contribution in [0.5, 0.6) is 0 Å². The molecule has 0 unspecified atom stereocenters. The minimum absolute atomic E-state index is 0.231. The van der Waals surface area contributed by atoms with Crippen molar-refractivity contribution in [1.82, 2.24) is 0 Å². The first-order valence-corrected chi connectivity index (χ1v) is 7.35. The molecule has 1 N–H and O–H groups in total. The summed E-state index contributed by atoms with van der Waals surface area (Å²) in [5, 5.41) is 8.89. The first-order valence-electron chi connectivity index (χ1n) is 7.35. The second kappa shape index (κ2) is 5.24. The minimum atomic E-state index is -0.706. The lowest BCUT2D eigenvalue weighted by Gasteiger charge is -2.28. The highest BCUT2D eigenvalue weighted by molar-refractivity contribution is 5.69. The number of nitrogens with zero attached hydrogens (tertiary/aromatic N) is 1. The Labute approximate surface area is 114 Å². The van der Waals surface area contributed by atoms with Crippen molar-refractivity contribution in [3.63, 3.8) is 0 Å². The van der Waals surface area contributed by atoms with E-state index in [2.05, 4.69) is 23.1 Å². The highest BCUT2D eigenvalue weighted by Crippen LogP contribution is 2.37. The molecule has 1 heterocycles. The predicted molar refractivity (Wildman–Crippen MR) is 75.7 cm³/mol. The fourth-order valence-corrected chi connectivity index (χ4v) is 3.59. The summed E-state index contributed by atoms with van der Waals surface area (Å²) in [6, 6.07) is 7.07. The van der Waals surface area contributed by atoms with E-state index in [1.54, 1.807) is 0 Å². The van der Waals surface area contributed by atoms with Gasteiger partial charge in [0.15, 0.2) is 0 Å². The van der Waals surface area contributed by atoms with Gasteiger partial charge in [-0.05, 0) is 36.8 Å². The smallest absolute Gasteiger partial charge is 0.303 e. The summed E-state index contributed by atoms with van der Waals surface area (Å²) in [7, 11) is 0. The monoisotopic (exact) mass is 259 g/mol. The second-order valence-electron chi connectivity index (χ2n) is 5.70. The topological polar surface area (TPSA) is 40.5 Å². The van der Waals surface area contributed by atoms with Crippen LogP contribution in [-0.2, 0) is 17.6 Å². The van der Waals surface area contributed by atoms with Crippen molar-refractivity contribution in [1.29, 1.82) is 0 Å². The summed E-state index contributed by atoms with van der Waals surface area (Å²) in [6.45, 7) is 1.12. The van der Waals surface area contributed by atoms with Gasteiger partial charge >= 0.3 is 5.97 Å². The molecule has 0 aromatic heterocycles. The predicted octanol–water partition coefficient (Wildman–Crippen LogP) is 3.01. The third-order valence-corrected chi connectivity index (χ3v) is 4.49. The number of anilines is 1. The number of carboxylic acid groups (broad SMARTS) is 1. The zero-order chi connectivity index (χ0) is 13.2. The van der Waals surface area contributed by atoms with Crippen molar-refractivity contribution in [3.8, 4) is 0 Å². The van der Waals surface area contributed by atoms with Gasteiger partial charge in [0, 0.05) is 24.7 Å². The number of hydrogen-bond donors (Lipinski definition) is 1. The van der Waals surface area contributed by atoms with E-state index in [9.17, 15) is 4.79 Å². The van der Waals surface area contributed by atoms with Gasteiger partial charge in [-0.15, -0.1) is 0 Å². The van der Waals surface area contributed by atoms with Crippen LogP contribution in [-0.4, -0.2) is 23.7 Å². The Hall–Kier alpha value is -1.51. The average Bonchev–Trinajstić information content (AvgIpc) is 3.04. The van der Waals surface area contributed by atoms with Crippen molar-refractivity contribution in [3.05, 3.63) is 29.3 Å². The van der Waals surface area contributed by atoms with Crippen LogP contribution in [0.25, 0.3) is 0 Å². The Morgan fingerprint density at radius 3 is 2.84 bits per heavy atom. The van der Waals surface area contributed by atoms with Crippen LogP contribution in [0.1, 0.15) is 43.2 Å². The Morgan fingerprint density at radius 1 is 1.32 bits per heavy atom. The third kappa shape index (κ3) is 2.46. The van der Waals surface area contributed by atoms with Gasteiger partial charge in [0.05, 0.1) is 0 Å². The van der Waals surface area contributed by atoms with Crippen molar-refractivity contribution in [2.75, 3.05) is 11.4 Å². The van der Waals surface area contributed by atoms with E-state index in [0.717, 1.165) is 13.0 Å². The molecule has 0 amide bonds. The summed E-state index contributed by atoms with van der Waals surface area (Å²) in [5.74, 6) is -0.706. The van der Waals surface area contributed by atoms with E-state index in [1.165, 1.54) is 42.5 Å². The van der Waals surface area contributed by atoms with Gasteiger partial charge in [-0.2, -0.15) is 0 Å². The molecule has 0 atom stereocenters. The van der Waals surface area contributed by atoms with Gasteiger partial charge < -0.3 is 10.0 Å². The van der Waals surface area contributed by atoms with Crippen LogP contribution >= 0.6 is 0 Å². The largest absolute Gasteiger partial charge is 0.481 e. The van der Waals surface area contributed by atoms with Crippen molar-refractivity contribution in [2.24, 2.45) is 0 Å². The van der Waals surface area contributed by atoms with Gasteiger partial charge in [-0.3, -0.25) is 4.79 Å². The molecule has 1 fully saturated rings. The van der Waals surface area contributed by atoms with Gasteiger partial charge in [-0.25, -0.2) is 0 Å². The molecule has 102 valence electrons. The van der Waals surface area contributed by atoms with Gasteiger partial charge in [-0.1, -0.05) is 31.0 Å². The Morgan fingerprint density at radius 2 is 2.11 bits per heavy atom. The number of aliphatic carboxylic acids is 1. The van der Waals surface area contributed by atoms with E-state index in [0.29, 0.717) is 12.5 Å². The van der Waals surface area contributed by atoms with Crippen molar-refractivity contribution in [2.45, 2.75) is 51.0 Å². The number of carboxylic acids is 1. The molecule has 0 spiro atoms. The number of fused-ring (bicyclic) bond motifs is 1. The number of aryl methyl sites for hydroxylation is 1. The highest BCUT2D eigenvalue weighted by Gasteiger charge is 2.29. The summed E-state index contributed by atoms with van der Waals surface area (Å²) in [4.78, 5) is 13.4. The number of rotatable bonds is 4. The number of benzene rings is 1.